The lowest BCUT2D eigenvalue weighted by molar-refractivity contribution is -0.143. The molecule has 0 rings (SSSR count). The lowest BCUT2D eigenvalue weighted by Crippen LogP contribution is -2.44. The number of nitrogens with one attached hydrogen (secondary N) is 1. The average molecular weight is 256 g/mol. The Morgan fingerprint density at radius 3 is 2.17 bits per heavy atom. The van der Waals surface area contributed by atoms with Gasteiger partial charge in [-0.05, 0) is 0 Å². The maximum Gasteiger partial charge on any atom is 0.329 e. The highest BCUT2D eigenvalue weighted by molar-refractivity contribution is 5.95. The first kappa shape index (κ1) is 15.9. The lowest BCUT2D eigenvalue weighted by Gasteiger charge is -2.19. The standard InChI is InChI=1S/C11H16N2O5/c1-3-5-13(6-4-2)11(17)12-9(14)7-18-8-10(15)16/h3-4H,1-2,5-8H2,(H,15,16)(H,12,14,17). The molecule has 0 bridgehead atoms. The summed E-state index contributed by atoms with van der Waals surface area (Å²) in [6.45, 7) is 6.41. The summed E-state index contributed by atoms with van der Waals surface area (Å²) in [5, 5.41) is 10.3. The Bertz CT molecular complexity index is 330. The molecule has 0 atom stereocenters. The molecule has 0 heterocycles. The van der Waals surface area contributed by atoms with Gasteiger partial charge in [-0.25, -0.2) is 9.59 Å². The zero-order valence-corrected chi connectivity index (χ0v) is 9.92. The predicted molar refractivity (Wildman–Crippen MR) is 64.0 cm³/mol. The topological polar surface area (TPSA) is 95.9 Å². The van der Waals surface area contributed by atoms with Crippen molar-refractivity contribution in [3.8, 4) is 0 Å². The molecule has 7 heteroatoms. The molecule has 0 saturated carbocycles. The zero-order chi connectivity index (χ0) is 14.0. The number of imide groups is 1. The van der Waals surface area contributed by atoms with Gasteiger partial charge in [0, 0.05) is 13.1 Å². The molecule has 0 fully saturated rings. The van der Waals surface area contributed by atoms with E-state index in [2.05, 4.69) is 23.2 Å². The molecule has 0 spiro atoms. The van der Waals surface area contributed by atoms with E-state index in [0.29, 0.717) is 0 Å². The van der Waals surface area contributed by atoms with Crippen molar-refractivity contribution in [1.29, 1.82) is 0 Å². The van der Waals surface area contributed by atoms with E-state index in [1.165, 1.54) is 17.1 Å². The molecule has 0 saturated heterocycles. The Hall–Kier alpha value is -2.15. The molecular formula is C11H16N2O5. The maximum atomic E-state index is 11.6. The van der Waals surface area contributed by atoms with Crippen LogP contribution in [-0.2, 0) is 14.3 Å². The summed E-state index contributed by atoms with van der Waals surface area (Å²) in [7, 11) is 0. The van der Waals surface area contributed by atoms with Gasteiger partial charge >= 0.3 is 12.0 Å². The van der Waals surface area contributed by atoms with Crippen LogP contribution in [0.25, 0.3) is 0 Å². The number of carbonyl (C=O) groups is 3. The number of hydrogen-bond acceptors (Lipinski definition) is 4. The summed E-state index contributed by atoms with van der Waals surface area (Å²) in [5.41, 5.74) is 0. The monoisotopic (exact) mass is 256 g/mol. The molecule has 0 aliphatic heterocycles. The summed E-state index contributed by atoms with van der Waals surface area (Å²) in [4.78, 5) is 34.2. The van der Waals surface area contributed by atoms with Crippen molar-refractivity contribution in [3.63, 3.8) is 0 Å². The molecule has 0 aliphatic rings. The van der Waals surface area contributed by atoms with Gasteiger partial charge in [-0.3, -0.25) is 10.1 Å². The minimum absolute atomic E-state index is 0.265. The van der Waals surface area contributed by atoms with Gasteiger partial charge in [0.05, 0.1) is 0 Å². The van der Waals surface area contributed by atoms with E-state index in [-0.39, 0.29) is 13.1 Å². The molecule has 18 heavy (non-hydrogen) atoms. The number of hydrogen-bond donors (Lipinski definition) is 2. The van der Waals surface area contributed by atoms with E-state index >= 15 is 0 Å². The largest absolute Gasteiger partial charge is 0.480 e. The van der Waals surface area contributed by atoms with Crippen LogP contribution in [0.2, 0.25) is 0 Å². The average Bonchev–Trinajstić information content (AvgIpc) is 2.28. The number of amides is 3. The molecular weight excluding hydrogens is 240 g/mol. The number of ether oxygens (including phenoxy) is 1. The third-order valence-electron chi connectivity index (χ3n) is 1.69. The van der Waals surface area contributed by atoms with Crippen LogP contribution >= 0.6 is 0 Å². The second-order valence-corrected chi connectivity index (χ2v) is 3.22. The second-order valence-electron chi connectivity index (χ2n) is 3.22. The summed E-state index contributed by atoms with van der Waals surface area (Å²) in [5.74, 6) is -1.89. The van der Waals surface area contributed by atoms with Crippen LogP contribution in [0.15, 0.2) is 25.3 Å². The van der Waals surface area contributed by atoms with Crippen LogP contribution in [-0.4, -0.2) is 54.2 Å². The lowest BCUT2D eigenvalue weighted by atomic mass is 10.4. The van der Waals surface area contributed by atoms with Crippen molar-refractivity contribution >= 4 is 17.9 Å². The number of rotatable bonds is 8. The molecule has 2 N–H and O–H groups in total. The van der Waals surface area contributed by atoms with Crippen molar-refractivity contribution in [1.82, 2.24) is 10.2 Å². The normalized spacial score (nSPS) is 9.33. The van der Waals surface area contributed by atoms with Gasteiger partial charge in [-0.2, -0.15) is 0 Å². The minimum atomic E-state index is -1.19. The first-order chi connectivity index (χ1) is 8.51. The first-order valence-corrected chi connectivity index (χ1v) is 5.11. The van der Waals surface area contributed by atoms with Crippen LogP contribution in [0.4, 0.5) is 4.79 Å². The quantitative estimate of drug-likeness (QED) is 0.596. The third kappa shape index (κ3) is 7.18. The van der Waals surface area contributed by atoms with Gasteiger partial charge < -0.3 is 14.7 Å². The van der Waals surface area contributed by atoms with Gasteiger partial charge in [0.25, 0.3) is 5.91 Å². The van der Waals surface area contributed by atoms with Gasteiger partial charge in [0.2, 0.25) is 0 Å². The molecule has 0 aromatic rings. The van der Waals surface area contributed by atoms with Gasteiger partial charge in [-0.15, -0.1) is 13.2 Å². The molecule has 0 radical (unpaired) electrons. The number of carboxylic acid groups (broad SMARTS) is 1. The predicted octanol–water partition coefficient (Wildman–Crippen LogP) is -0.00220. The Morgan fingerprint density at radius 1 is 1.17 bits per heavy atom. The number of carbonyl (C=O) groups excluding carboxylic acids is 2. The second kappa shape index (κ2) is 8.94. The fourth-order valence-electron chi connectivity index (χ4n) is 1.02. The smallest absolute Gasteiger partial charge is 0.329 e. The Morgan fingerprint density at radius 2 is 1.72 bits per heavy atom. The SMILES string of the molecule is C=CCN(CC=C)C(=O)NC(=O)COCC(=O)O. The Kier molecular flexibility index (Phi) is 7.87. The summed E-state index contributed by atoms with van der Waals surface area (Å²) in [6, 6.07) is -0.612. The van der Waals surface area contributed by atoms with Crippen molar-refractivity contribution in [2.45, 2.75) is 0 Å². The van der Waals surface area contributed by atoms with E-state index in [1.807, 2.05) is 0 Å². The Balaban J connectivity index is 4.10. The van der Waals surface area contributed by atoms with Gasteiger partial charge in [0.1, 0.15) is 13.2 Å². The highest BCUT2D eigenvalue weighted by Gasteiger charge is 2.14. The van der Waals surface area contributed by atoms with E-state index in [0.717, 1.165) is 0 Å². The molecule has 0 unspecified atom stereocenters. The third-order valence-corrected chi connectivity index (χ3v) is 1.69. The summed E-state index contributed by atoms with van der Waals surface area (Å²) in [6.07, 6.45) is 3.02. The van der Waals surface area contributed by atoms with E-state index in [1.54, 1.807) is 0 Å². The van der Waals surface area contributed by atoms with Crippen molar-refractivity contribution in [3.05, 3.63) is 25.3 Å². The van der Waals surface area contributed by atoms with Crippen molar-refractivity contribution in [2.75, 3.05) is 26.3 Å². The zero-order valence-electron chi connectivity index (χ0n) is 9.92. The van der Waals surface area contributed by atoms with E-state index in [9.17, 15) is 14.4 Å². The van der Waals surface area contributed by atoms with Crippen LogP contribution in [0.5, 0.6) is 0 Å². The van der Waals surface area contributed by atoms with Crippen LogP contribution in [0.1, 0.15) is 0 Å². The van der Waals surface area contributed by atoms with Gasteiger partial charge in [0.15, 0.2) is 0 Å². The number of carboxylic acids is 1. The summed E-state index contributed by atoms with van der Waals surface area (Å²) < 4.78 is 4.53. The number of nitrogens with zero attached hydrogens (tertiary/aromatic N) is 1. The van der Waals surface area contributed by atoms with Crippen LogP contribution in [0.3, 0.4) is 0 Å². The Labute approximate surface area is 105 Å². The molecule has 100 valence electrons. The molecule has 0 aromatic carbocycles. The van der Waals surface area contributed by atoms with Crippen LogP contribution in [0, 0.1) is 0 Å². The van der Waals surface area contributed by atoms with Gasteiger partial charge in [-0.1, -0.05) is 12.2 Å². The minimum Gasteiger partial charge on any atom is -0.480 e. The highest BCUT2D eigenvalue weighted by Crippen LogP contribution is 1.91. The number of aliphatic carboxylic acids is 1. The van der Waals surface area contributed by atoms with Crippen LogP contribution < -0.4 is 5.32 Å². The fraction of sp³-hybridized carbons (Fsp3) is 0.364. The van der Waals surface area contributed by atoms with E-state index < -0.39 is 31.1 Å². The number of urea groups is 1. The van der Waals surface area contributed by atoms with E-state index in [4.69, 9.17) is 5.11 Å². The molecule has 7 nitrogen and oxygen atoms in total. The first-order valence-electron chi connectivity index (χ1n) is 5.11. The molecule has 0 aliphatic carbocycles. The fourth-order valence-corrected chi connectivity index (χ4v) is 1.02. The molecule has 0 aromatic heterocycles. The van der Waals surface area contributed by atoms with Crippen molar-refractivity contribution in [2.24, 2.45) is 0 Å². The highest BCUT2D eigenvalue weighted by atomic mass is 16.5. The summed E-state index contributed by atoms with van der Waals surface area (Å²) >= 11 is 0. The maximum absolute atomic E-state index is 11.6. The van der Waals surface area contributed by atoms with Crippen molar-refractivity contribution < 1.29 is 24.2 Å². The molecule has 3 amide bonds.